The monoisotopic (exact) mass is 244 g/mol. The second kappa shape index (κ2) is 7.18. The Morgan fingerprint density at radius 1 is 1.06 bits per heavy atom. The Morgan fingerprint density at radius 3 is 2.11 bits per heavy atom. The Kier molecular flexibility index (Phi) is 5.88. The van der Waals surface area contributed by atoms with Crippen molar-refractivity contribution >= 4 is 0 Å². The van der Waals surface area contributed by atoms with Crippen molar-refractivity contribution < 1.29 is 0 Å². The molecule has 0 heterocycles. The molecule has 98 valence electrons. The average Bonchev–Trinajstić information content (AvgIpc) is 2.31. The van der Waals surface area contributed by atoms with E-state index in [1.807, 2.05) is 0 Å². The minimum absolute atomic E-state index is 0.194. The molecular formula is C16H24N2. The molecule has 1 unspecified atom stereocenters. The molecule has 1 aromatic rings. The van der Waals surface area contributed by atoms with Gasteiger partial charge in [-0.15, -0.1) is 0 Å². The molecule has 0 fully saturated rings. The first-order chi connectivity index (χ1) is 8.52. The topological polar surface area (TPSA) is 35.8 Å². The molecule has 1 N–H and O–H groups in total. The highest BCUT2D eigenvalue weighted by molar-refractivity contribution is 5.28. The smallest absolute Gasteiger partial charge is 0.121 e. The molecule has 0 saturated carbocycles. The minimum atomic E-state index is -0.194. The second-order valence-electron chi connectivity index (χ2n) is 5.70. The van der Waals surface area contributed by atoms with Crippen LogP contribution in [0.15, 0.2) is 24.3 Å². The highest BCUT2D eigenvalue weighted by Crippen LogP contribution is 2.15. The van der Waals surface area contributed by atoms with E-state index in [9.17, 15) is 5.26 Å². The van der Waals surface area contributed by atoms with Crippen molar-refractivity contribution in [2.75, 3.05) is 6.54 Å². The fraction of sp³-hybridized carbons (Fsp3) is 0.562. The van der Waals surface area contributed by atoms with E-state index in [1.165, 1.54) is 5.56 Å². The zero-order valence-corrected chi connectivity index (χ0v) is 11.9. The first-order valence-electron chi connectivity index (χ1n) is 6.74. The van der Waals surface area contributed by atoms with Gasteiger partial charge in [-0.25, -0.2) is 0 Å². The Bertz CT molecular complexity index is 385. The van der Waals surface area contributed by atoms with E-state index in [0.717, 1.165) is 18.5 Å². The average molecular weight is 244 g/mol. The summed E-state index contributed by atoms with van der Waals surface area (Å²) < 4.78 is 0. The first-order valence-corrected chi connectivity index (χ1v) is 6.74. The van der Waals surface area contributed by atoms with E-state index in [4.69, 9.17) is 0 Å². The predicted molar refractivity (Wildman–Crippen MR) is 76.2 cm³/mol. The van der Waals surface area contributed by atoms with Crippen LogP contribution in [0.1, 0.15) is 44.9 Å². The third-order valence-corrected chi connectivity index (χ3v) is 2.82. The van der Waals surface area contributed by atoms with Crippen molar-refractivity contribution in [1.82, 2.24) is 5.32 Å². The Balaban J connectivity index is 2.67. The largest absolute Gasteiger partial charge is 0.298 e. The van der Waals surface area contributed by atoms with Crippen LogP contribution in [0, 0.1) is 23.2 Å². The van der Waals surface area contributed by atoms with E-state index < -0.39 is 0 Å². The summed E-state index contributed by atoms with van der Waals surface area (Å²) in [4.78, 5) is 0. The van der Waals surface area contributed by atoms with Crippen molar-refractivity contribution in [2.45, 2.75) is 40.2 Å². The third-order valence-electron chi connectivity index (χ3n) is 2.82. The lowest BCUT2D eigenvalue weighted by atomic mass is 9.99. The van der Waals surface area contributed by atoms with E-state index in [0.29, 0.717) is 11.8 Å². The van der Waals surface area contributed by atoms with Crippen LogP contribution in [-0.4, -0.2) is 6.54 Å². The summed E-state index contributed by atoms with van der Waals surface area (Å²) in [5, 5.41) is 12.5. The summed E-state index contributed by atoms with van der Waals surface area (Å²) in [5.74, 6) is 1.22. The quantitative estimate of drug-likeness (QED) is 0.828. The van der Waals surface area contributed by atoms with Crippen molar-refractivity contribution in [3.05, 3.63) is 35.4 Å². The van der Waals surface area contributed by atoms with Crippen LogP contribution in [0.2, 0.25) is 0 Å². The maximum Gasteiger partial charge on any atom is 0.121 e. The van der Waals surface area contributed by atoms with Gasteiger partial charge in [-0.3, -0.25) is 5.32 Å². The van der Waals surface area contributed by atoms with Gasteiger partial charge in [0.25, 0.3) is 0 Å². The Morgan fingerprint density at radius 2 is 1.67 bits per heavy atom. The van der Waals surface area contributed by atoms with Gasteiger partial charge < -0.3 is 0 Å². The Labute approximate surface area is 111 Å². The lowest BCUT2D eigenvalue weighted by Crippen LogP contribution is -2.24. The number of nitrogens with one attached hydrogen (secondary N) is 1. The molecule has 0 amide bonds. The van der Waals surface area contributed by atoms with Crippen LogP contribution in [0.3, 0.4) is 0 Å². The molecule has 2 heteroatoms. The first kappa shape index (κ1) is 14.7. The number of hydrogen-bond acceptors (Lipinski definition) is 2. The van der Waals surface area contributed by atoms with E-state index in [2.05, 4.69) is 63.3 Å². The number of nitrogens with zero attached hydrogens (tertiary/aromatic N) is 1. The fourth-order valence-corrected chi connectivity index (χ4v) is 1.91. The zero-order valence-electron chi connectivity index (χ0n) is 11.9. The molecule has 2 nitrogen and oxygen atoms in total. The van der Waals surface area contributed by atoms with Gasteiger partial charge in [-0.1, -0.05) is 52.0 Å². The van der Waals surface area contributed by atoms with Crippen LogP contribution in [0.5, 0.6) is 0 Å². The summed E-state index contributed by atoms with van der Waals surface area (Å²) in [7, 11) is 0. The minimum Gasteiger partial charge on any atom is -0.298 e. The van der Waals surface area contributed by atoms with Gasteiger partial charge in [0, 0.05) is 0 Å². The standard InChI is InChI=1S/C16H24N2/c1-12(2)9-14-5-7-15(8-6-14)16(10-17)18-11-13(3)4/h5-8,12-13,16,18H,9,11H2,1-4H3. The van der Waals surface area contributed by atoms with E-state index in [-0.39, 0.29) is 6.04 Å². The maximum atomic E-state index is 9.19. The molecule has 0 radical (unpaired) electrons. The highest BCUT2D eigenvalue weighted by Gasteiger charge is 2.10. The van der Waals surface area contributed by atoms with Gasteiger partial charge in [0.05, 0.1) is 6.07 Å². The Hall–Kier alpha value is -1.33. The van der Waals surface area contributed by atoms with Crippen LogP contribution < -0.4 is 5.32 Å². The number of benzene rings is 1. The lowest BCUT2D eigenvalue weighted by Gasteiger charge is -2.14. The van der Waals surface area contributed by atoms with Gasteiger partial charge in [0.1, 0.15) is 6.04 Å². The van der Waals surface area contributed by atoms with E-state index >= 15 is 0 Å². The molecule has 18 heavy (non-hydrogen) atoms. The van der Waals surface area contributed by atoms with Crippen LogP contribution in [0.4, 0.5) is 0 Å². The molecule has 0 aromatic heterocycles. The van der Waals surface area contributed by atoms with Crippen LogP contribution in [-0.2, 0) is 6.42 Å². The normalized spacial score (nSPS) is 12.7. The highest BCUT2D eigenvalue weighted by atomic mass is 14.9. The van der Waals surface area contributed by atoms with Crippen LogP contribution >= 0.6 is 0 Å². The van der Waals surface area contributed by atoms with Crippen molar-refractivity contribution in [3.63, 3.8) is 0 Å². The van der Waals surface area contributed by atoms with Crippen LogP contribution in [0.25, 0.3) is 0 Å². The molecule has 1 rings (SSSR count). The zero-order chi connectivity index (χ0) is 13.5. The van der Waals surface area contributed by atoms with Crippen molar-refractivity contribution in [2.24, 2.45) is 11.8 Å². The maximum absolute atomic E-state index is 9.19. The molecule has 0 aliphatic rings. The summed E-state index contributed by atoms with van der Waals surface area (Å²) in [6.45, 7) is 9.60. The summed E-state index contributed by atoms with van der Waals surface area (Å²) in [6.07, 6.45) is 1.09. The van der Waals surface area contributed by atoms with Gasteiger partial charge in [-0.05, 0) is 35.9 Å². The van der Waals surface area contributed by atoms with Gasteiger partial charge in [0.2, 0.25) is 0 Å². The predicted octanol–water partition coefficient (Wildman–Crippen LogP) is 3.70. The number of nitriles is 1. The van der Waals surface area contributed by atoms with Crippen molar-refractivity contribution in [1.29, 1.82) is 5.26 Å². The second-order valence-corrected chi connectivity index (χ2v) is 5.70. The van der Waals surface area contributed by atoms with Crippen molar-refractivity contribution in [3.8, 4) is 6.07 Å². The molecule has 1 atom stereocenters. The SMILES string of the molecule is CC(C)CNC(C#N)c1ccc(CC(C)C)cc1. The van der Waals surface area contributed by atoms with E-state index in [1.54, 1.807) is 0 Å². The molecule has 0 aliphatic carbocycles. The summed E-state index contributed by atoms with van der Waals surface area (Å²) in [5.41, 5.74) is 2.40. The summed E-state index contributed by atoms with van der Waals surface area (Å²) >= 11 is 0. The molecule has 1 aromatic carbocycles. The summed E-state index contributed by atoms with van der Waals surface area (Å²) in [6, 6.07) is 10.5. The van der Waals surface area contributed by atoms with Gasteiger partial charge >= 0.3 is 0 Å². The lowest BCUT2D eigenvalue weighted by molar-refractivity contribution is 0.525. The molecule has 0 saturated heterocycles. The molecule has 0 spiro atoms. The van der Waals surface area contributed by atoms with Gasteiger partial charge in [0.15, 0.2) is 0 Å². The van der Waals surface area contributed by atoms with Gasteiger partial charge in [-0.2, -0.15) is 5.26 Å². The number of hydrogen-bond donors (Lipinski definition) is 1. The molecule has 0 aliphatic heterocycles. The molecular weight excluding hydrogens is 220 g/mol. The third kappa shape index (κ3) is 4.89. The molecule has 0 bridgehead atoms. The number of rotatable bonds is 6. The fourth-order valence-electron chi connectivity index (χ4n) is 1.91.